The molecule has 0 atom stereocenters. The molecule has 2 aromatic carbocycles. The molecule has 6 heteroatoms. The van der Waals surface area contributed by atoms with Gasteiger partial charge in [0, 0.05) is 31.5 Å². The summed E-state index contributed by atoms with van der Waals surface area (Å²) in [6, 6.07) is 12.7. The van der Waals surface area contributed by atoms with E-state index in [2.05, 4.69) is 5.32 Å². The Morgan fingerprint density at radius 3 is 2.84 bits per heavy atom. The number of methoxy groups -OCH3 is 1. The van der Waals surface area contributed by atoms with Crippen LogP contribution in [-0.2, 0) is 22.5 Å². The lowest BCUT2D eigenvalue weighted by Gasteiger charge is -2.29. The van der Waals surface area contributed by atoms with E-state index in [0.717, 1.165) is 22.5 Å². The highest BCUT2D eigenvalue weighted by molar-refractivity contribution is 5.96. The van der Waals surface area contributed by atoms with Gasteiger partial charge in [-0.1, -0.05) is 12.1 Å². The van der Waals surface area contributed by atoms with Crippen LogP contribution < -0.4 is 10.2 Å². The zero-order valence-electron chi connectivity index (χ0n) is 14.0. The smallest absolute Gasteiger partial charge is 0.335 e. The number of aryl methyl sites for hydroxylation is 1. The Balaban J connectivity index is 1.73. The molecule has 0 aliphatic carbocycles. The summed E-state index contributed by atoms with van der Waals surface area (Å²) < 4.78 is 5.12. The lowest BCUT2D eigenvalue weighted by molar-refractivity contribution is -0.119. The van der Waals surface area contributed by atoms with Crippen LogP contribution in [0.3, 0.4) is 0 Å². The van der Waals surface area contributed by atoms with Crippen LogP contribution in [0.4, 0.5) is 11.4 Å². The van der Waals surface area contributed by atoms with Crippen LogP contribution in [0, 0.1) is 0 Å². The van der Waals surface area contributed by atoms with Crippen LogP contribution in [0.5, 0.6) is 0 Å². The van der Waals surface area contributed by atoms with E-state index in [1.165, 1.54) is 0 Å². The molecule has 2 N–H and O–H groups in total. The van der Waals surface area contributed by atoms with Crippen molar-refractivity contribution >= 4 is 23.3 Å². The third-order valence-electron chi connectivity index (χ3n) is 4.21. The van der Waals surface area contributed by atoms with Gasteiger partial charge in [-0.15, -0.1) is 0 Å². The Morgan fingerprint density at radius 2 is 2.08 bits per heavy atom. The molecule has 0 aromatic heterocycles. The first-order valence-corrected chi connectivity index (χ1v) is 8.07. The lowest BCUT2D eigenvalue weighted by Crippen LogP contribution is -2.36. The number of hydrogen-bond donors (Lipinski definition) is 2. The third kappa shape index (κ3) is 3.80. The number of aromatic carboxylic acids is 1. The fourth-order valence-electron chi connectivity index (χ4n) is 2.96. The second-order valence-corrected chi connectivity index (χ2v) is 5.94. The molecule has 0 saturated carbocycles. The molecule has 3 rings (SSSR count). The molecule has 0 fully saturated rings. The molecule has 0 unspecified atom stereocenters. The maximum Gasteiger partial charge on any atom is 0.335 e. The number of benzene rings is 2. The molecular formula is C19H20N2O4. The standard InChI is InChI=1S/C19H20N2O4/c1-25-12-21-17-7-6-16(10-14(17)5-8-18(21)22)20-11-13-3-2-4-15(9-13)19(23)24/h2-4,6-7,9-10,20H,5,8,11-12H2,1H3,(H,23,24). The van der Waals surface area contributed by atoms with Crippen molar-refractivity contribution in [2.45, 2.75) is 19.4 Å². The second-order valence-electron chi connectivity index (χ2n) is 5.94. The predicted molar refractivity (Wildman–Crippen MR) is 94.9 cm³/mol. The van der Waals surface area contributed by atoms with E-state index in [1.807, 2.05) is 24.3 Å². The van der Waals surface area contributed by atoms with Crippen LogP contribution in [0.15, 0.2) is 42.5 Å². The normalized spacial score (nSPS) is 13.5. The van der Waals surface area contributed by atoms with Crippen LogP contribution in [0.2, 0.25) is 0 Å². The molecule has 2 aromatic rings. The SMILES string of the molecule is COCN1C(=O)CCc2cc(NCc3cccc(C(=O)O)c3)ccc21. The van der Waals surface area contributed by atoms with E-state index in [9.17, 15) is 9.59 Å². The summed E-state index contributed by atoms with van der Waals surface area (Å²) in [5.74, 6) is -0.862. The van der Waals surface area contributed by atoms with Crippen molar-refractivity contribution in [3.8, 4) is 0 Å². The van der Waals surface area contributed by atoms with E-state index in [4.69, 9.17) is 9.84 Å². The maximum absolute atomic E-state index is 12.0. The Labute approximate surface area is 146 Å². The quantitative estimate of drug-likeness (QED) is 0.845. The molecule has 6 nitrogen and oxygen atoms in total. The first-order chi connectivity index (χ1) is 12.1. The van der Waals surface area contributed by atoms with Gasteiger partial charge in [-0.3, -0.25) is 9.69 Å². The molecule has 1 amide bonds. The van der Waals surface area contributed by atoms with E-state index < -0.39 is 5.97 Å². The fourth-order valence-corrected chi connectivity index (χ4v) is 2.96. The molecule has 0 spiro atoms. The van der Waals surface area contributed by atoms with Crippen molar-refractivity contribution in [2.24, 2.45) is 0 Å². The summed E-state index contributed by atoms with van der Waals surface area (Å²) in [5.41, 5.74) is 4.09. The first-order valence-electron chi connectivity index (χ1n) is 8.07. The number of rotatable bonds is 6. The van der Waals surface area contributed by atoms with Gasteiger partial charge >= 0.3 is 5.97 Å². The molecule has 130 valence electrons. The Bertz CT molecular complexity index is 804. The minimum absolute atomic E-state index is 0.0699. The molecule has 1 aliphatic rings. The van der Waals surface area contributed by atoms with Gasteiger partial charge in [0.15, 0.2) is 0 Å². The van der Waals surface area contributed by atoms with Crippen molar-refractivity contribution in [1.82, 2.24) is 0 Å². The third-order valence-corrected chi connectivity index (χ3v) is 4.21. The topological polar surface area (TPSA) is 78.9 Å². The maximum atomic E-state index is 12.0. The van der Waals surface area contributed by atoms with Gasteiger partial charge in [0.25, 0.3) is 0 Å². The molecule has 25 heavy (non-hydrogen) atoms. The number of carbonyl (C=O) groups is 2. The number of carbonyl (C=O) groups excluding carboxylic acids is 1. The van der Waals surface area contributed by atoms with Crippen LogP contribution >= 0.6 is 0 Å². The first kappa shape index (κ1) is 17.0. The number of carboxylic acid groups (broad SMARTS) is 1. The van der Waals surface area contributed by atoms with E-state index in [-0.39, 0.29) is 18.2 Å². The highest BCUT2D eigenvalue weighted by Gasteiger charge is 2.23. The van der Waals surface area contributed by atoms with Crippen molar-refractivity contribution in [3.05, 3.63) is 59.2 Å². The molecule has 0 radical (unpaired) electrons. The minimum atomic E-state index is -0.932. The van der Waals surface area contributed by atoms with Gasteiger partial charge in [-0.25, -0.2) is 4.79 Å². The monoisotopic (exact) mass is 340 g/mol. The number of fused-ring (bicyclic) bond motifs is 1. The highest BCUT2D eigenvalue weighted by atomic mass is 16.5. The second kappa shape index (κ2) is 7.36. The zero-order chi connectivity index (χ0) is 17.8. The van der Waals surface area contributed by atoms with Gasteiger partial charge in [0.05, 0.1) is 5.56 Å². The number of carboxylic acids is 1. The molecular weight excluding hydrogens is 320 g/mol. The predicted octanol–water partition coefficient (Wildman–Crippen LogP) is 2.88. The number of amides is 1. The average Bonchev–Trinajstić information content (AvgIpc) is 2.62. The van der Waals surface area contributed by atoms with Crippen LogP contribution in [-0.4, -0.2) is 30.8 Å². The summed E-state index contributed by atoms with van der Waals surface area (Å²) in [7, 11) is 1.57. The Hall–Kier alpha value is -2.86. The average molecular weight is 340 g/mol. The van der Waals surface area contributed by atoms with Crippen molar-refractivity contribution in [2.75, 3.05) is 24.1 Å². The van der Waals surface area contributed by atoms with Crippen molar-refractivity contribution in [1.29, 1.82) is 0 Å². The molecule has 0 saturated heterocycles. The molecule has 1 heterocycles. The van der Waals surface area contributed by atoms with E-state index in [1.54, 1.807) is 30.2 Å². The number of nitrogens with one attached hydrogen (secondary N) is 1. The highest BCUT2D eigenvalue weighted by Crippen LogP contribution is 2.30. The fraction of sp³-hybridized carbons (Fsp3) is 0.263. The van der Waals surface area contributed by atoms with Crippen LogP contribution in [0.25, 0.3) is 0 Å². The summed E-state index contributed by atoms with van der Waals surface area (Å²) in [6.07, 6.45) is 1.18. The molecule has 1 aliphatic heterocycles. The van der Waals surface area contributed by atoms with Gasteiger partial charge in [-0.05, 0) is 47.9 Å². The van der Waals surface area contributed by atoms with Gasteiger partial charge in [0.1, 0.15) is 6.73 Å². The summed E-state index contributed by atoms with van der Waals surface area (Å²) in [5, 5.41) is 12.4. The zero-order valence-corrected chi connectivity index (χ0v) is 14.0. The minimum Gasteiger partial charge on any atom is -0.478 e. The van der Waals surface area contributed by atoms with E-state index >= 15 is 0 Å². The summed E-state index contributed by atoms with van der Waals surface area (Å²) >= 11 is 0. The van der Waals surface area contributed by atoms with Gasteiger partial charge < -0.3 is 15.2 Å². The number of ether oxygens (including phenoxy) is 1. The number of anilines is 2. The molecule has 0 bridgehead atoms. The largest absolute Gasteiger partial charge is 0.478 e. The lowest BCUT2D eigenvalue weighted by atomic mass is 10.0. The van der Waals surface area contributed by atoms with Gasteiger partial charge in [0.2, 0.25) is 5.91 Å². The number of hydrogen-bond acceptors (Lipinski definition) is 4. The summed E-state index contributed by atoms with van der Waals surface area (Å²) in [4.78, 5) is 24.7. The number of nitrogens with zero attached hydrogens (tertiary/aromatic N) is 1. The van der Waals surface area contributed by atoms with E-state index in [0.29, 0.717) is 19.4 Å². The van der Waals surface area contributed by atoms with Crippen LogP contribution in [0.1, 0.15) is 27.9 Å². The summed E-state index contributed by atoms with van der Waals surface area (Å²) in [6.45, 7) is 0.779. The van der Waals surface area contributed by atoms with Crippen molar-refractivity contribution < 1.29 is 19.4 Å². The van der Waals surface area contributed by atoms with Crippen molar-refractivity contribution in [3.63, 3.8) is 0 Å². The Kier molecular flexibility index (Phi) is 5.00. The Morgan fingerprint density at radius 1 is 1.24 bits per heavy atom. The van der Waals surface area contributed by atoms with Gasteiger partial charge in [-0.2, -0.15) is 0 Å².